The van der Waals surface area contributed by atoms with Gasteiger partial charge in [-0.25, -0.2) is 14.6 Å². The molecule has 8 nitrogen and oxygen atoms in total. The van der Waals surface area contributed by atoms with Gasteiger partial charge in [-0.3, -0.25) is 0 Å². The maximum absolute atomic E-state index is 6.84. The van der Waals surface area contributed by atoms with Crippen molar-refractivity contribution in [3.05, 3.63) is 377 Å². The molecule has 0 amide bonds. The van der Waals surface area contributed by atoms with Gasteiger partial charge in [-0.2, -0.15) is 0 Å². The highest BCUT2D eigenvalue weighted by Crippen LogP contribution is 2.46. The molecule has 0 atom stereocenters. The van der Waals surface area contributed by atoms with Crippen LogP contribution in [0.15, 0.2) is 316 Å². The first-order valence-corrected chi connectivity index (χ1v) is 26.4. The van der Waals surface area contributed by atoms with Crippen LogP contribution in [0.3, 0.4) is 0 Å². The van der Waals surface area contributed by atoms with Crippen molar-refractivity contribution < 1.29 is 0 Å². The van der Waals surface area contributed by atoms with Gasteiger partial charge in [0, 0.05) is 33.6 Å². The number of halogens is 2. The lowest BCUT2D eigenvalue weighted by Crippen LogP contribution is -2.38. The number of nitrogens with zero attached hydrogens (tertiary/aromatic N) is 8. The number of tetrazole rings is 1. The van der Waals surface area contributed by atoms with Gasteiger partial charge in [0.25, 0.3) is 0 Å². The van der Waals surface area contributed by atoms with Crippen LogP contribution in [-0.4, -0.2) is 39.3 Å². The lowest BCUT2D eigenvalue weighted by atomic mass is 9.76. The van der Waals surface area contributed by atoms with Crippen molar-refractivity contribution in [3.8, 4) is 0 Å². The summed E-state index contributed by atoms with van der Waals surface area (Å²) < 4.78 is 6.19. The SMILES string of the molecule is Clc1ccccc1C(c1ccccc1)(c1ccccc1)n1cnc2ccccc21.Clc1ccccc1C(c1ccccc1)(c1ccccc1)n1cnnn1.c1ccc(C(c2ccccc2)(c2ccccc2)n2ccnc2)cc1. The number of hydrogen-bond acceptors (Lipinski definition) is 5. The topological polar surface area (TPSA) is 79.2 Å². The summed E-state index contributed by atoms with van der Waals surface area (Å²) in [4.78, 5) is 9.04. The highest BCUT2D eigenvalue weighted by atomic mass is 35.5. The molecule has 3 aromatic heterocycles. The molecule has 0 fully saturated rings. The molecule has 0 aliphatic rings. The van der Waals surface area contributed by atoms with Crippen molar-refractivity contribution in [2.24, 2.45) is 0 Å². The Morgan fingerprint density at radius 2 is 0.692 bits per heavy atom. The lowest BCUT2D eigenvalue weighted by molar-refractivity contribution is 0.446. The number of benzene rings is 10. The third-order valence-electron chi connectivity index (χ3n) is 14.3. The Morgan fingerprint density at radius 3 is 1.08 bits per heavy atom. The molecule has 0 saturated carbocycles. The molecule has 0 aliphatic carbocycles. The van der Waals surface area contributed by atoms with E-state index in [1.165, 1.54) is 16.7 Å². The highest BCUT2D eigenvalue weighted by Gasteiger charge is 2.43. The van der Waals surface area contributed by atoms with Crippen LogP contribution >= 0.6 is 23.2 Å². The van der Waals surface area contributed by atoms with Crippen molar-refractivity contribution >= 4 is 34.2 Å². The summed E-state index contributed by atoms with van der Waals surface area (Å²) in [5.41, 5.74) is 10.0. The van der Waals surface area contributed by atoms with E-state index in [0.29, 0.717) is 5.02 Å². The normalized spacial score (nSPS) is 11.5. The van der Waals surface area contributed by atoms with Gasteiger partial charge in [0.2, 0.25) is 0 Å². The maximum atomic E-state index is 6.84. The van der Waals surface area contributed by atoms with Gasteiger partial charge in [-0.05, 0) is 73.6 Å². The minimum absolute atomic E-state index is 0.444. The number of fused-ring (bicyclic) bond motifs is 1. The molecule has 10 heteroatoms. The Balaban J connectivity index is 0.000000125. The van der Waals surface area contributed by atoms with Gasteiger partial charge in [-0.1, -0.05) is 284 Å². The van der Waals surface area contributed by atoms with Crippen molar-refractivity contribution in [1.82, 2.24) is 39.3 Å². The third-order valence-corrected chi connectivity index (χ3v) is 14.9. The Labute approximate surface area is 464 Å². The van der Waals surface area contributed by atoms with Crippen LogP contribution in [0.1, 0.15) is 50.1 Å². The summed E-state index contributed by atoms with van der Waals surface area (Å²) >= 11 is 13.5. The number of hydrogen-bond donors (Lipinski definition) is 0. The molecule has 0 saturated heterocycles. The van der Waals surface area contributed by atoms with E-state index in [0.717, 1.165) is 49.4 Å². The zero-order valence-corrected chi connectivity index (χ0v) is 43.9. The van der Waals surface area contributed by atoms with Crippen LogP contribution < -0.4 is 0 Å². The Bertz CT molecular complexity index is 3740. The second-order valence-electron chi connectivity index (χ2n) is 18.5. The first kappa shape index (κ1) is 50.7. The lowest BCUT2D eigenvalue weighted by Gasteiger charge is -2.38. The molecule has 0 bridgehead atoms. The van der Waals surface area contributed by atoms with Crippen molar-refractivity contribution in [3.63, 3.8) is 0 Å². The van der Waals surface area contributed by atoms with Gasteiger partial charge in [-0.15, -0.1) is 5.10 Å². The van der Waals surface area contributed by atoms with E-state index in [-0.39, 0.29) is 0 Å². The first-order chi connectivity index (χ1) is 38.6. The van der Waals surface area contributed by atoms with Crippen LogP contribution in [0.4, 0.5) is 0 Å². The predicted octanol–water partition coefficient (Wildman–Crippen LogP) is 15.4. The average Bonchev–Trinajstić information content (AvgIpc) is 4.47. The van der Waals surface area contributed by atoms with Gasteiger partial charge >= 0.3 is 0 Å². The Kier molecular flexibility index (Phi) is 15.1. The van der Waals surface area contributed by atoms with E-state index >= 15 is 0 Å². The van der Waals surface area contributed by atoms with E-state index < -0.39 is 16.6 Å². The highest BCUT2D eigenvalue weighted by molar-refractivity contribution is 6.32. The average molecular weight is 1050 g/mol. The molecule has 78 heavy (non-hydrogen) atoms. The smallest absolute Gasteiger partial charge is 0.143 e. The fourth-order valence-corrected chi connectivity index (χ4v) is 11.5. The summed E-state index contributed by atoms with van der Waals surface area (Å²) in [6.07, 6.45) is 9.32. The standard InChI is InChI=1S/C26H19ClN2.C22H18N2.C20H15ClN4/c27-23-16-8-7-15-22(23)26(20-11-3-1-4-12-20,21-13-5-2-6-14-21)29-19-28-24-17-9-10-18-25(24)29;1-4-10-19(11-5-1)22(24-17-16-23-18-24,20-12-6-2-7-13-20)21-14-8-3-9-15-21;21-19-14-8-7-13-18(19)20(25-15-22-23-24-25,16-9-3-1-4-10-16)17-11-5-2-6-12-17/h1-19H;1-18H;1-15H. The van der Waals surface area contributed by atoms with Gasteiger partial charge in [0.05, 0.1) is 23.7 Å². The van der Waals surface area contributed by atoms with E-state index in [2.05, 4.69) is 206 Å². The molecule has 13 rings (SSSR count). The molecule has 0 spiro atoms. The number of rotatable bonds is 12. The molecular formula is C68H52Cl2N8. The molecule has 3 heterocycles. The molecule has 0 aliphatic heterocycles. The zero-order valence-electron chi connectivity index (χ0n) is 42.4. The summed E-state index contributed by atoms with van der Waals surface area (Å²) in [5, 5.41) is 13.4. The van der Waals surface area contributed by atoms with E-state index in [1.807, 2.05) is 134 Å². The summed E-state index contributed by atoms with van der Waals surface area (Å²) in [6, 6.07) is 97.2. The van der Waals surface area contributed by atoms with Gasteiger partial charge in [0.15, 0.2) is 0 Å². The molecule has 13 aromatic rings. The molecule has 0 unspecified atom stereocenters. The van der Waals surface area contributed by atoms with Crippen molar-refractivity contribution in [2.45, 2.75) is 16.6 Å². The Morgan fingerprint density at radius 1 is 0.333 bits per heavy atom. The predicted molar refractivity (Wildman–Crippen MR) is 314 cm³/mol. The van der Waals surface area contributed by atoms with Crippen molar-refractivity contribution in [2.75, 3.05) is 0 Å². The van der Waals surface area contributed by atoms with E-state index in [1.54, 1.807) is 11.0 Å². The van der Waals surface area contributed by atoms with Gasteiger partial charge in [0.1, 0.15) is 22.9 Å². The number of aromatic nitrogens is 8. The van der Waals surface area contributed by atoms with Gasteiger partial charge < -0.3 is 9.13 Å². The van der Waals surface area contributed by atoms with E-state index in [4.69, 9.17) is 28.2 Å². The van der Waals surface area contributed by atoms with E-state index in [9.17, 15) is 0 Å². The largest absolute Gasteiger partial charge is 0.319 e. The first-order valence-electron chi connectivity index (χ1n) is 25.6. The second kappa shape index (κ2) is 23.2. The van der Waals surface area contributed by atoms with Crippen LogP contribution in [0.5, 0.6) is 0 Å². The van der Waals surface area contributed by atoms with Crippen LogP contribution in [-0.2, 0) is 16.6 Å². The quantitative estimate of drug-likeness (QED) is 0.114. The molecular weight excluding hydrogens is 1000 g/mol. The summed E-state index contributed by atoms with van der Waals surface area (Å²) in [7, 11) is 0. The maximum Gasteiger partial charge on any atom is 0.143 e. The second-order valence-corrected chi connectivity index (χ2v) is 19.3. The fraction of sp³-hybridized carbons (Fsp3) is 0.0441. The zero-order chi connectivity index (χ0) is 53.0. The number of para-hydroxylation sites is 2. The molecule has 0 N–H and O–H groups in total. The molecule has 10 aromatic carbocycles. The minimum atomic E-state index is -0.760. The Hall–Kier alpha value is -9.47. The fourth-order valence-electron chi connectivity index (χ4n) is 11.0. The number of imidazole rings is 2. The summed E-state index contributed by atoms with van der Waals surface area (Å²) in [5.74, 6) is 0. The van der Waals surface area contributed by atoms with Crippen molar-refractivity contribution in [1.29, 1.82) is 0 Å². The molecule has 0 radical (unpaired) electrons. The van der Waals surface area contributed by atoms with Crippen LogP contribution in [0.25, 0.3) is 11.0 Å². The van der Waals surface area contributed by atoms with Crippen LogP contribution in [0, 0.1) is 0 Å². The summed E-state index contributed by atoms with van der Waals surface area (Å²) in [6.45, 7) is 0. The van der Waals surface area contributed by atoms with Crippen LogP contribution in [0.2, 0.25) is 10.0 Å². The minimum Gasteiger partial charge on any atom is -0.319 e. The molecule has 378 valence electrons. The monoisotopic (exact) mass is 1050 g/mol. The third kappa shape index (κ3) is 9.38.